The highest BCUT2D eigenvalue weighted by atomic mass is 35.5. The number of benzene rings is 1. The van der Waals surface area contributed by atoms with Gasteiger partial charge in [-0.1, -0.05) is 11.6 Å². The summed E-state index contributed by atoms with van der Waals surface area (Å²) in [6.45, 7) is 2.03. The lowest BCUT2D eigenvalue weighted by atomic mass is 9.86. The average molecular weight is 314 g/mol. The Morgan fingerprint density at radius 2 is 2.29 bits per heavy atom. The van der Waals surface area contributed by atoms with Crippen LogP contribution in [-0.2, 0) is 16.0 Å². The smallest absolute Gasteiger partial charge is 0.314 e. The molecule has 1 N–H and O–H groups in total. The minimum absolute atomic E-state index is 0.283. The summed E-state index contributed by atoms with van der Waals surface area (Å²) < 4.78 is 32.9. The van der Waals surface area contributed by atoms with E-state index in [1.54, 1.807) is 6.92 Å². The van der Waals surface area contributed by atoms with E-state index in [0.29, 0.717) is 36.2 Å². The van der Waals surface area contributed by atoms with Gasteiger partial charge in [0.1, 0.15) is 10.8 Å². The summed E-state index contributed by atoms with van der Waals surface area (Å²) in [7, 11) is 0. The predicted molar refractivity (Wildman–Crippen MR) is 75.5 cm³/mol. The van der Waals surface area contributed by atoms with Gasteiger partial charge >= 0.3 is 5.97 Å². The van der Waals surface area contributed by atoms with E-state index in [-0.39, 0.29) is 11.4 Å². The number of hydrogen-bond acceptors (Lipinski definition) is 2. The quantitative estimate of drug-likeness (QED) is 0.670. The van der Waals surface area contributed by atoms with Crippen molar-refractivity contribution in [2.45, 2.75) is 32.1 Å². The molecule has 6 heteroatoms. The Bertz CT molecular complexity index is 726. The molecule has 3 nitrogen and oxygen atoms in total. The van der Waals surface area contributed by atoms with Gasteiger partial charge in [-0.05, 0) is 37.8 Å². The first-order valence-electron chi connectivity index (χ1n) is 6.89. The highest BCUT2D eigenvalue weighted by Crippen LogP contribution is 2.39. The molecule has 21 heavy (non-hydrogen) atoms. The molecular formula is C15H14ClF2NO2. The largest absolute Gasteiger partial charge is 0.465 e. The van der Waals surface area contributed by atoms with Crippen LogP contribution < -0.4 is 0 Å². The number of H-pyrrole nitrogens is 1. The molecule has 0 saturated carbocycles. The lowest BCUT2D eigenvalue weighted by Crippen LogP contribution is -2.20. The first kappa shape index (κ1) is 14.3. The van der Waals surface area contributed by atoms with Crippen LogP contribution in [0.3, 0.4) is 0 Å². The summed E-state index contributed by atoms with van der Waals surface area (Å²) >= 11 is 5.65. The van der Waals surface area contributed by atoms with Crippen LogP contribution in [0.15, 0.2) is 6.07 Å². The number of fused-ring (bicyclic) bond motifs is 3. The Morgan fingerprint density at radius 3 is 3.00 bits per heavy atom. The molecule has 0 aliphatic heterocycles. The third-order valence-corrected chi connectivity index (χ3v) is 4.24. The van der Waals surface area contributed by atoms with E-state index in [4.69, 9.17) is 16.3 Å². The summed E-state index contributed by atoms with van der Waals surface area (Å²) in [5.74, 6) is -2.37. The van der Waals surface area contributed by atoms with Crippen molar-refractivity contribution in [3.8, 4) is 0 Å². The highest BCUT2D eigenvalue weighted by Gasteiger charge is 2.32. The fourth-order valence-electron chi connectivity index (χ4n) is 3.01. The number of aryl methyl sites for hydroxylation is 1. The van der Waals surface area contributed by atoms with Crippen molar-refractivity contribution >= 4 is 28.5 Å². The van der Waals surface area contributed by atoms with Crippen molar-refractivity contribution < 1.29 is 18.3 Å². The minimum atomic E-state index is -0.812. The maximum atomic E-state index is 14.2. The summed E-state index contributed by atoms with van der Waals surface area (Å²) in [4.78, 5) is 15.0. The van der Waals surface area contributed by atoms with Gasteiger partial charge in [0.25, 0.3) is 0 Å². The zero-order chi connectivity index (χ0) is 15.1. The molecular weight excluding hydrogens is 300 g/mol. The average Bonchev–Trinajstić information content (AvgIpc) is 2.83. The van der Waals surface area contributed by atoms with Gasteiger partial charge in [-0.15, -0.1) is 0 Å². The van der Waals surface area contributed by atoms with Crippen LogP contribution in [0, 0.1) is 11.6 Å². The van der Waals surface area contributed by atoms with Gasteiger partial charge in [-0.3, -0.25) is 4.79 Å². The second kappa shape index (κ2) is 5.30. The lowest BCUT2D eigenvalue weighted by Gasteiger charge is -2.21. The van der Waals surface area contributed by atoms with E-state index >= 15 is 0 Å². The second-order valence-electron chi connectivity index (χ2n) is 5.12. The van der Waals surface area contributed by atoms with Gasteiger partial charge in [0.15, 0.2) is 5.82 Å². The van der Waals surface area contributed by atoms with E-state index in [9.17, 15) is 13.6 Å². The number of aromatic nitrogens is 1. The molecule has 0 amide bonds. The van der Waals surface area contributed by atoms with Crippen LogP contribution in [0.25, 0.3) is 10.9 Å². The lowest BCUT2D eigenvalue weighted by molar-refractivity contribution is -0.145. The first-order chi connectivity index (χ1) is 10.0. The fraction of sp³-hybridized carbons (Fsp3) is 0.400. The topological polar surface area (TPSA) is 42.1 Å². The van der Waals surface area contributed by atoms with Gasteiger partial charge < -0.3 is 9.72 Å². The van der Waals surface area contributed by atoms with Crippen LogP contribution in [0.4, 0.5) is 8.78 Å². The molecule has 1 heterocycles. The van der Waals surface area contributed by atoms with Crippen LogP contribution in [-0.4, -0.2) is 17.6 Å². The molecule has 1 aliphatic carbocycles. The molecule has 0 radical (unpaired) electrons. The molecule has 0 fully saturated rings. The molecule has 1 aliphatic rings. The van der Waals surface area contributed by atoms with Crippen LogP contribution >= 0.6 is 11.6 Å². The number of ether oxygens (including phenoxy) is 1. The highest BCUT2D eigenvalue weighted by molar-refractivity contribution is 6.31. The molecule has 1 aromatic carbocycles. The molecule has 0 saturated heterocycles. The number of hydrogen-bond donors (Lipinski definition) is 1. The standard InChI is InChI=1S/C15H14ClF2NO2/c1-2-21-15(20)8-5-3-4-7-11-10(19-14(7)8)6-9(17)12(16)13(11)18/h6,8,19H,2-5H2,1H3. The molecule has 112 valence electrons. The first-order valence-corrected chi connectivity index (χ1v) is 7.27. The van der Waals surface area contributed by atoms with Crippen LogP contribution in [0.2, 0.25) is 5.02 Å². The van der Waals surface area contributed by atoms with Crippen molar-refractivity contribution in [2.75, 3.05) is 6.61 Å². The van der Waals surface area contributed by atoms with Gasteiger partial charge in [-0.2, -0.15) is 0 Å². The van der Waals surface area contributed by atoms with Gasteiger partial charge in [0, 0.05) is 11.1 Å². The Hall–Kier alpha value is -1.62. The molecule has 1 aromatic heterocycles. The van der Waals surface area contributed by atoms with Crippen LogP contribution in [0.5, 0.6) is 0 Å². The fourth-order valence-corrected chi connectivity index (χ4v) is 3.16. The van der Waals surface area contributed by atoms with E-state index < -0.39 is 22.6 Å². The zero-order valence-corrected chi connectivity index (χ0v) is 12.2. The molecule has 0 bridgehead atoms. The van der Waals surface area contributed by atoms with Crippen molar-refractivity contribution in [1.29, 1.82) is 0 Å². The van der Waals surface area contributed by atoms with E-state index in [2.05, 4.69) is 4.98 Å². The van der Waals surface area contributed by atoms with Crippen molar-refractivity contribution in [1.82, 2.24) is 4.98 Å². The number of carbonyl (C=O) groups is 1. The summed E-state index contributed by atoms with van der Waals surface area (Å²) in [6.07, 6.45) is 2.01. The third-order valence-electron chi connectivity index (χ3n) is 3.90. The zero-order valence-electron chi connectivity index (χ0n) is 11.4. The minimum Gasteiger partial charge on any atom is -0.465 e. The number of esters is 1. The summed E-state index contributed by atoms with van der Waals surface area (Å²) in [5.41, 5.74) is 1.65. The summed E-state index contributed by atoms with van der Waals surface area (Å²) in [5, 5.41) is -0.229. The Kier molecular flexibility index (Phi) is 3.61. The molecule has 0 spiro atoms. The Balaban J connectivity index is 2.19. The molecule has 3 rings (SSSR count). The van der Waals surface area contributed by atoms with Crippen LogP contribution in [0.1, 0.15) is 36.9 Å². The van der Waals surface area contributed by atoms with E-state index in [1.165, 1.54) is 6.07 Å². The van der Waals surface area contributed by atoms with Crippen molar-refractivity contribution in [2.24, 2.45) is 0 Å². The molecule has 1 unspecified atom stereocenters. The second-order valence-corrected chi connectivity index (χ2v) is 5.50. The van der Waals surface area contributed by atoms with Crippen molar-refractivity contribution in [3.63, 3.8) is 0 Å². The predicted octanol–water partition coefficient (Wildman–Crippen LogP) is 4.08. The normalized spacial score (nSPS) is 17.8. The van der Waals surface area contributed by atoms with Crippen molar-refractivity contribution in [3.05, 3.63) is 34.0 Å². The van der Waals surface area contributed by atoms with E-state index in [1.807, 2.05) is 0 Å². The number of aromatic amines is 1. The maximum absolute atomic E-state index is 14.2. The number of nitrogens with one attached hydrogen (secondary N) is 1. The number of rotatable bonds is 2. The molecule has 1 atom stereocenters. The maximum Gasteiger partial charge on any atom is 0.314 e. The van der Waals surface area contributed by atoms with Gasteiger partial charge in [0.05, 0.1) is 18.0 Å². The number of carbonyl (C=O) groups excluding carboxylic acids is 1. The Morgan fingerprint density at radius 1 is 1.52 bits per heavy atom. The number of halogens is 3. The Labute approximate surface area is 125 Å². The van der Waals surface area contributed by atoms with Gasteiger partial charge in [0.2, 0.25) is 0 Å². The van der Waals surface area contributed by atoms with E-state index in [0.717, 1.165) is 6.42 Å². The van der Waals surface area contributed by atoms with Gasteiger partial charge in [-0.25, -0.2) is 8.78 Å². The molecule has 2 aromatic rings. The monoisotopic (exact) mass is 313 g/mol. The third kappa shape index (κ3) is 2.20. The summed E-state index contributed by atoms with van der Waals surface area (Å²) in [6, 6.07) is 1.17. The SMILES string of the molecule is CCOC(=O)C1CCCc2c1[nH]c1cc(F)c(Cl)c(F)c21.